The maximum absolute atomic E-state index is 12.4. The van der Waals surface area contributed by atoms with Gasteiger partial charge in [-0.3, -0.25) is 14.8 Å². The molecule has 0 amide bonds. The highest BCUT2D eigenvalue weighted by Crippen LogP contribution is 2.33. The van der Waals surface area contributed by atoms with Crippen molar-refractivity contribution in [3.05, 3.63) is 64.0 Å². The molecule has 0 saturated carbocycles. The summed E-state index contributed by atoms with van der Waals surface area (Å²) in [5.74, 6) is 1.09. The lowest BCUT2D eigenvalue weighted by Gasteiger charge is -2.23. The molecular weight excluding hydrogens is 340 g/mol. The second-order valence-corrected chi connectivity index (χ2v) is 7.36. The molecule has 5 rings (SSSR count). The summed E-state index contributed by atoms with van der Waals surface area (Å²) in [6.07, 6.45) is 2.19. The molecule has 0 unspecified atom stereocenters. The minimum Gasteiger partial charge on any atom is -0.330 e. The van der Waals surface area contributed by atoms with Gasteiger partial charge in [0.2, 0.25) is 0 Å². The van der Waals surface area contributed by atoms with Crippen molar-refractivity contribution in [1.29, 1.82) is 0 Å². The standard InChI is InChI=1S/C20H22N6O/c1-13-10-18-21-14(11-19(27)26(18)23-13)12-25-9-5-8-17(25)20-22-15-6-3-4-7-16(15)24(20)2/h3-4,6-7,10-11,17,23H,5,8-9,12H2,1-2H3/t17-/m0/s1. The molecule has 7 heteroatoms. The summed E-state index contributed by atoms with van der Waals surface area (Å²) in [6, 6.07) is 12.0. The Bertz CT molecular complexity index is 1200. The number of H-pyrrole nitrogens is 1. The SMILES string of the molecule is Cc1cc2nc(CN3CCC[C@H]3c3nc4ccccc4n3C)cc(=O)n2[nH]1. The largest absolute Gasteiger partial charge is 0.330 e. The van der Waals surface area contributed by atoms with Gasteiger partial charge in [-0.25, -0.2) is 14.5 Å². The Labute approximate surface area is 156 Å². The van der Waals surface area contributed by atoms with E-state index in [0.29, 0.717) is 12.2 Å². The molecule has 1 atom stereocenters. The predicted octanol–water partition coefficient (Wildman–Crippen LogP) is 2.55. The zero-order valence-corrected chi connectivity index (χ0v) is 15.5. The first-order valence-electron chi connectivity index (χ1n) is 9.34. The molecule has 0 aliphatic carbocycles. The molecular formula is C20H22N6O. The summed E-state index contributed by atoms with van der Waals surface area (Å²) in [4.78, 5) is 24.3. The van der Waals surface area contributed by atoms with Crippen molar-refractivity contribution in [2.45, 2.75) is 32.4 Å². The van der Waals surface area contributed by atoms with Gasteiger partial charge < -0.3 is 4.57 Å². The fraction of sp³-hybridized carbons (Fsp3) is 0.350. The maximum atomic E-state index is 12.4. The number of aromatic amines is 1. The van der Waals surface area contributed by atoms with E-state index in [1.165, 1.54) is 4.52 Å². The Morgan fingerprint density at radius 3 is 2.93 bits per heavy atom. The number of benzene rings is 1. The summed E-state index contributed by atoms with van der Waals surface area (Å²) in [6.45, 7) is 3.57. The molecule has 0 spiro atoms. The van der Waals surface area contributed by atoms with Gasteiger partial charge in [-0.2, -0.15) is 0 Å². The number of imidazole rings is 1. The Balaban J connectivity index is 1.49. The first-order valence-corrected chi connectivity index (χ1v) is 9.34. The van der Waals surface area contributed by atoms with Crippen LogP contribution in [0.2, 0.25) is 0 Å². The molecule has 0 bridgehead atoms. The molecule has 1 aliphatic rings. The molecule has 27 heavy (non-hydrogen) atoms. The zero-order valence-electron chi connectivity index (χ0n) is 15.5. The zero-order chi connectivity index (χ0) is 18.5. The molecule has 4 heterocycles. The van der Waals surface area contributed by atoms with Gasteiger partial charge in [0.15, 0.2) is 5.65 Å². The third-order valence-electron chi connectivity index (χ3n) is 5.48. The summed E-state index contributed by atoms with van der Waals surface area (Å²) in [5.41, 5.74) is 4.53. The number of rotatable bonds is 3. The predicted molar refractivity (Wildman–Crippen MR) is 104 cm³/mol. The van der Waals surface area contributed by atoms with Crippen LogP contribution < -0.4 is 5.56 Å². The van der Waals surface area contributed by atoms with Gasteiger partial charge in [-0.15, -0.1) is 0 Å². The van der Waals surface area contributed by atoms with Gasteiger partial charge in [-0.1, -0.05) is 12.1 Å². The number of para-hydroxylation sites is 2. The Hall–Kier alpha value is -2.93. The highest BCUT2D eigenvalue weighted by atomic mass is 16.1. The van der Waals surface area contributed by atoms with E-state index in [9.17, 15) is 4.79 Å². The summed E-state index contributed by atoms with van der Waals surface area (Å²) >= 11 is 0. The summed E-state index contributed by atoms with van der Waals surface area (Å²) < 4.78 is 3.69. The van der Waals surface area contributed by atoms with Gasteiger partial charge in [0, 0.05) is 31.4 Å². The van der Waals surface area contributed by atoms with Crippen molar-refractivity contribution in [2.24, 2.45) is 7.05 Å². The van der Waals surface area contributed by atoms with Crippen LogP contribution in [-0.2, 0) is 13.6 Å². The molecule has 7 nitrogen and oxygen atoms in total. The monoisotopic (exact) mass is 362 g/mol. The van der Waals surface area contributed by atoms with Gasteiger partial charge in [0.05, 0.1) is 22.8 Å². The minimum absolute atomic E-state index is 0.0680. The van der Waals surface area contributed by atoms with Crippen molar-refractivity contribution in [1.82, 2.24) is 29.0 Å². The van der Waals surface area contributed by atoms with Crippen molar-refractivity contribution < 1.29 is 0 Å². The molecule has 138 valence electrons. The van der Waals surface area contributed by atoms with Crippen molar-refractivity contribution in [2.75, 3.05) is 6.54 Å². The van der Waals surface area contributed by atoms with Crippen LogP contribution in [0.25, 0.3) is 16.7 Å². The third-order valence-corrected chi connectivity index (χ3v) is 5.48. The fourth-order valence-corrected chi connectivity index (χ4v) is 4.22. The molecule has 1 aliphatic heterocycles. The van der Waals surface area contributed by atoms with Crippen molar-refractivity contribution >= 4 is 16.7 Å². The highest BCUT2D eigenvalue weighted by Gasteiger charge is 2.30. The number of fused-ring (bicyclic) bond motifs is 2. The number of hydrogen-bond acceptors (Lipinski definition) is 4. The number of likely N-dealkylation sites (tertiary alicyclic amines) is 1. The Morgan fingerprint density at radius 2 is 2.07 bits per heavy atom. The van der Waals surface area contributed by atoms with E-state index in [4.69, 9.17) is 4.98 Å². The second-order valence-electron chi connectivity index (χ2n) is 7.36. The van der Waals surface area contributed by atoms with Crippen LogP contribution in [-0.4, -0.2) is 35.6 Å². The van der Waals surface area contributed by atoms with E-state index < -0.39 is 0 Å². The molecule has 1 fully saturated rings. The molecule has 1 N–H and O–H groups in total. The van der Waals surface area contributed by atoms with E-state index in [0.717, 1.165) is 47.6 Å². The quantitative estimate of drug-likeness (QED) is 0.608. The number of aryl methyl sites for hydroxylation is 2. The average Bonchev–Trinajstić information content (AvgIpc) is 3.33. The smallest absolute Gasteiger partial charge is 0.272 e. The molecule has 0 radical (unpaired) electrons. The molecule has 1 aromatic carbocycles. The van der Waals surface area contributed by atoms with Crippen LogP contribution in [0, 0.1) is 6.92 Å². The number of nitrogens with zero attached hydrogens (tertiary/aromatic N) is 5. The van der Waals surface area contributed by atoms with Crippen molar-refractivity contribution in [3.63, 3.8) is 0 Å². The number of aromatic nitrogens is 5. The Kier molecular flexibility index (Phi) is 3.65. The summed E-state index contributed by atoms with van der Waals surface area (Å²) in [7, 11) is 2.08. The van der Waals surface area contributed by atoms with E-state index >= 15 is 0 Å². The van der Waals surface area contributed by atoms with Gasteiger partial charge >= 0.3 is 0 Å². The van der Waals surface area contributed by atoms with Crippen LogP contribution >= 0.6 is 0 Å². The maximum Gasteiger partial charge on any atom is 0.272 e. The molecule has 4 aromatic rings. The molecule has 3 aromatic heterocycles. The summed E-state index contributed by atoms with van der Waals surface area (Å²) in [5, 5.41) is 3.02. The average molecular weight is 362 g/mol. The van der Waals surface area contributed by atoms with E-state index in [1.54, 1.807) is 6.07 Å². The van der Waals surface area contributed by atoms with Crippen LogP contribution in [0.4, 0.5) is 0 Å². The number of hydrogen-bond donors (Lipinski definition) is 1. The fourth-order valence-electron chi connectivity index (χ4n) is 4.22. The van der Waals surface area contributed by atoms with Gasteiger partial charge in [0.1, 0.15) is 5.82 Å². The first kappa shape index (κ1) is 16.3. The van der Waals surface area contributed by atoms with Crippen molar-refractivity contribution in [3.8, 4) is 0 Å². The van der Waals surface area contributed by atoms with Gasteiger partial charge in [0.25, 0.3) is 5.56 Å². The number of nitrogens with one attached hydrogen (secondary N) is 1. The molecule has 1 saturated heterocycles. The Morgan fingerprint density at radius 1 is 1.22 bits per heavy atom. The van der Waals surface area contributed by atoms with Crippen LogP contribution in [0.15, 0.2) is 41.2 Å². The van der Waals surface area contributed by atoms with E-state index in [2.05, 4.69) is 38.7 Å². The lowest BCUT2D eigenvalue weighted by atomic mass is 10.2. The van der Waals surface area contributed by atoms with E-state index in [1.807, 2.05) is 25.1 Å². The van der Waals surface area contributed by atoms with Crippen LogP contribution in [0.1, 0.15) is 36.1 Å². The minimum atomic E-state index is -0.0680. The van der Waals surface area contributed by atoms with Gasteiger partial charge in [-0.05, 0) is 38.4 Å². The normalized spacial score (nSPS) is 18.1. The van der Waals surface area contributed by atoms with Crippen LogP contribution in [0.3, 0.4) is 0 Å². The topological polar surface area (TPSA) is 71.2 Å². The lowest BCUT2D eigenvalue weighted by molar-refractivity contribution is 0.234. The van der Waals surface area contributed by atoms with E-state index in [-0.39, 0.29) is 11.6 Å². The first-order chi connectivity index (χ1) is 13.1. The van der Waals surface area contributed by atoms with Crippen LogP contribution in [0.5, 0.6) is 0 Å². The third kappa shape index (κ3) is 2.66. The lowest BCUT2D eigenvalue weighted by Crippen LogP contribution is -2.26. The second kappa shape index (κ2) is 6.06. The highest BCUT2D eigenvalue weighted by molar-refractivity contribution is 5.75.